The zero-order chi connectivity index (χ0) is 20.2. The fraction of sp³-hybridized carbons (Fsp3) is 0.0741. The molecule has 1 heterocycles. The van der Waals surface area contributed by atoms with Gasteiger partial charge < -0.3 is 0 Å². The molecule has 0 fully saturated rings. The largest absolute Gasteiger partial charge is 0.296 e. The summed E-state index contributed by atoms with van der Waals surface area (Å²) in [6, 6.07) is 25.5. The summed E-state index contributed by atoms with van der Waals surface area (Å²) in [5, 5.41) is 0. The monoisotopic (exact) mass is 376 g/mol. The van der Waals surface area contributed by atoms with E-state index < -0.39 is 0 Å². The molecule has 0 aliphatic carbocycles. The Bertz CT molecular complexity index is 1200. The summed E-state index contributed by atoms with van der Waals surface area (Å²) in [5.41, 5.74) is 7.99. The Labute approximate surface area is 172 Å². The zero-order valence-electron chi connectivity index (χ0n) is 16.8. The molecule has 0 unspecified atom stereocenters. The van der Waals surface area contributed by atoms with Crippen molar-refractivity contribution in [3.05, 3.63) is 109 Å². The lowest BCUT2D eigenvalue weighted by Gasteiger charge is -2.10. The normalized spacial score (nSPS) is 12.0. The average Bonchev–Trinajstić information content (AvgIpc) is 3.14. The second-order valence-electron chi connectivity index (χ2n) is 7.13. The molecule has 0 amide bonds. The standard InChI is InChI=1S/C27H24N2/c1-4-5-6-9-21(3)29-26-11-8-7-10-25(26)28-27(29)24-18-16-23(17-19-24)22-14-12-20(2)13-15-22/h4-19H,1H2,2-3H3/b6-5-,21-9+. The highest BCUT2D eigenvalue weighted by molar-refractivity contribution is 5.85. The zero-order valence-corrected chi connectivity index (χ0v) is 16.8. The van der Waals surface area contributed by atoms with E-state index in [2.05, 4.69) is 97.8 Å². The van der Waals surface area contributed by atoms with Gasteiger partial charge in [0.2, 0.25) is 0 Å². The molecule has 1 aromatic heterocycles. The molecule has 0 radical (unpaired) electrons. The number of allylic oxidation sites excluding steroid dienone is 5. The Kier molecular flexibility index (Phi) is 5.26. The number of hydrogen-bond donors (Lipinski definition) is 0. The molecule has 4 rings (SSSR count). The van der Waals surface area contributed by atoms with E-state index in [9.17, 15) is 0 Å². The van der Waals surface area contributed by atoms with Crippen molar-refractivity contribution < 1.29 is 0 Å². The molecule has 0 atom stereocenters. The van der Waals surface area contributed by atoms with E-state index in [1.165, 1.54) is 16.7 Å². The summed E-state index contributed by atoms with van der Waals surface area (Å²) >= 11 is 0. The van der Waals surface area contributed by atoms with Gasteiger partial charge in [0.05, 0.1) is 11.0 Å². The average molecular weight is 377 g/mol. The van der Waals surface area contributed by atoms with Crippen molar-refractivity contribution in [3.8, 4) is 22.5 Å². The number of aryl methyl sites for hydroxylation is 1. The predicted molar refractivity (Wildman–Crippen MR) is 125 cm³/mol. The van der Waals surface area contributed by atoms with E-state index in [4.69, 9.17) is 4.98 Å². The lowest BCUT2D eigenvalue weighted by atomic mass is 10.0. The first-order chi connectivity index (χ1) is 14.2. The number of imidazole rings is 1. The number of benzene rings is 3. The Morgan fingerprint density at radius 3 is 2.14 bits per heavy atom. The number of para-hydroxylation sites is 2. The van der Waals surface area contributed by atoms with Crippen LogP contribution >= 0.6 is 0 Å². The van der Waals surface area contributed by atoms with Gasteiger partial charge in [-0.15, -0.1) is 0 Å². The summed E-state index contributed by atoms with van der Waals surface area (Å²) in [4.78, 5) is 4.92. The number of hydrogen-bond acceptors (Lipinski definition) is 1. The molecule has 3 aromatic carbocycles. The van der Waals surface area contributed by atoms with Crippen LogP contribution in [0.4, 0.5) is 0 Å². The number of fused-ring (bicyclic) bond motifs is 1. The molecule has 4 aromatic rings. The van der Waals surface area contributed by atoms with E-state index in [1.807, 2.05) is 18.2 Å². The van der Waals surface area contributed by atoms with Crippen LogP contribution in [0, 0.1) is 6.92 Å². The minimum Gasteiger partial charge on any atom is -0.296 e. The highest BCUT2D eigenvalue weighted by Crippen LogP contribution is 2.30. The van der Waals surface area contributed by atoms with E-state index in [1.54, 1.807) is 6.08 Å². The lowest BCUT2D eigenvalue weighted by molar-refractivity contribution is 1.12. The first-order valence-corrected chi connectivity index (χ1v) is 9.79. The Hall–Kier alpha value is -3.65. The Balaban J connectivity index is 1.80. The molecule has 0 aliphatic rings. The van der Waals surface area contributed by atoms with Crippen LogP contribution in [0.5, 0.6) is 0 Å². The van der Waals surface area contributed by atoms with Gasteiger partial charge in [0.25, 0.3) is 0 Å². The van der Waals surface area contributed by atoms with Crippen LogP contribution in [0.2, 0.25) is 0 Å². The van der Waals surface area contributed by atoms with Crippen molar-refractivity contribution >= 4 is 16.7 Å². The SMILES string of the molecule is C=C/C=C\C=C(/C)n1c(-c2ccc(-c3ccc(C)cc3)cc2)nc2ccccc21. The maximum atomic E-state index is 4.92. The maximum absolute atomic E-state index is 4.92. The van der Waals surface area contributed by atoms with Gasteiger partial charge in [-0.3, -0.25) is 4.57 Å². The number of rotatable bonds is 5. The second-order valence-corrected chi connectivity index (χ2v) is 7.13. The highest BCUT2D eigenvalue weighted by Gasteiger charge is 2.13. The van der Waals surface area contributed by atoms with Crippen molar-refractivity contribution in [2.45, 2.75) is 13.8 Å². The lowest BCUT2D eigenvalue weighted by Crippen LogP contribution is -1.97. The van der Waals surface area contributed by atoms with Crippen LogP contribution in [0.15, 0.2) is 104 Å². The second kappa shape index (κ2) is 8.15. The minimum atomic E-state index is 0.947. The summed E-state index contributed by atoms with van der Waals surface area (Å²) in [6.45, 7) is 7.95. The molecule has 0 N–H and O–H groups in total. The first-order valence-electron chi connectivity index (χ1n) is 9.79. The van der Waals surface area contributed by atoms with Crippen molar-refractivity contribution in [1.82, 2.24) is 9.55 Å². The number of nitrogens with zero attached hydrogens (tertiary/aromatic N) is 2. The topological polar surface area (TPSA) is 17.8 Å². The van der Waals surface area contributed by atoms with E-state index in [-0.39, 0.29) is 0 Å². The molecule has 142 valence electrons. The third-order valence-electron chi connectivity index (χ3n) is 5.03. The first kappa shape index (κ1) is 18.7. The van der Waals surface area contributed by atoms with Crippen LogP contribution in [-0.2, 0) is 0 Å². The molecule has 0 bridgehead atoms. The smallest absolute Gasteiger partial charge is 0.145 e. The summed E-state index contributed by atoms with van der Waals surface area (Å²) in [5.74, 6) is 0.947. The van der Waals surface area contributed by atoms with E-state index in [0.717, 1.165) is 28.1 Å². The Morgan fingerprint density at radius 2 is 1.45 bits per heavy atom. The van der Waals surface area contributed by atoms with Crippen LogP contribution in [-0.4, -0.2) is 9.55 Å². The minimum absolute atomic E-state index is 0.947. The fourth-order valence-electron chi connectivity index (χ4n) is 3.48. The molecule has 2 heteroatoms. The third kappa shape index (κ3) is 3.83. The molecule has 2 nitrogen and oxygen atoms in total. The van der Waals surface area contributed by atoms with Gasteiger partial charge in [-0.05, 0) is 43.2 Å². The van der Waals surface area contributed by atoms with Crippen LogP contribution < -0.4 is 0 Å². The van der Waals surface area contributed by atoms with Gasteiger partial charge in [-0.2, -0.15) is 0 Å². The van der Waals surface area contributed by atoms with E-state index >= 15 is 0 Å². The molecule has 0 saturated heterocycles. The molecule has 0 aliphatic heterocycles. The molecular formula is C27H24N2. The van der Waals surface area contributed by atoms with Crippen molar-refractivity contribution in [2.24, 2.45) is 0 Å². The molecule has 0 saturated carbocycles. The van der Waals surface area contributed by atoms with Crippen molar-refractivity contribution in [3.63, 3.8) is 0 Å². The van der Waals surface area contributed by atoms with Gasteiger partial charge in [0.1, 0.15) is 5.82 Å². The van der Waals surface area contributed by atoms with Crippen LogP contribution in [0.25, 0.3) is 39.2 Å². The number of aromatic nitrogens is 2. The summed E-state index contributed by atoms with van der Waals surface area (Å²) in [6.07, 6.45) is 7.79. The summed E-state index contributed by atoms with van der Waals surface area (Å²) in [7, 11) is 0. The molecular weight excluding hydrogens is 352 g/mol. The predicted octanol–water partition coefficient (Wildman–Crippen LogP) is 7.28. The molecule has 29 heavy (non-hydrogen) atoms. The third-order valence-corrected chi connectivity index (χ3v) is 5.03. The Morgan fingerprint density at radius 1 is 0.828 bits per heavy atom. The van der Waals surface area contributed by atoms with Crippen LogP contribution in [0.3, 0.4) is 0 Å². The van der Waals surface area contributed by atoms with Gasteiger partial charge in [-0.1, -0.05) is 91.0 Å². The fourth-order valence-corrected chi connectivity index (χ4v) is 3.48. The van der Waals surface area contributed by atoms with Crippen molar-refractivity contribution in [1.29, 1.82) is 0 Å². The van der Waals surface area contributed by atoms with Gasteiger partial charge in [0, 0.05) is 11.3 Å². The molecule has 0 spiro atoms. The van der Waals surface area contributed by atoms with Gasteiger partial charge in [-0.25, -0.2) is 4.98 Å². The summed E-state index contributed by atoms with van der Waals surface area (Å²) < 4.78 is 2.21. The van der Waals surface area contributed by atoms with Gasteiger partial charge >= 0.3 is 0 Å². The highest BCUT2D eigenvalue weighted by atomic mass is 15.1. The van der Waals surface area contributed by atoms with Gasteiger partial charge in [0.15, 0.2) is 0 Å². The van der Waals surface area contributed by atoms with Crippen molar-refractivity contribution in [2.75, 3.05) is 0 Å². The quantitative estimate of drug-likeness (QED) is 0.335. The maximum Gasteiger partial charge on any atom is 0.145 e. The van der Waals surface area contributed by atoms with Crippen LogP contribution in [0.1, 0.15) is 12.5 Å². The van der Waals surface area contributed by atoms with E-state index in [0.29, 0.717) is 0 Å².